The molecule has 1 saturated carbocycles. The first-order chi connectivity index (χ1) is 13.5. The molecule has 1 aliphatic rings. The number of alkyl halides is 2. The van der Waals surface area contributed by atoms with E-state index in [4.69, 9.17) is 4.74 Å². The van der Waals surface area contributed by atoms with Crippen molar-refractivity contribution in [2.45, 2.75) is 38.3 Å². The van der Waals surface area contributed by atoms with E-state index in [1.54, 1.807) is 37.7 Å². The maximum absolute atomic E-state index is 12.4. The fourth-order valence-corrected chi connectivity index (χ4v) is 3.64. The predicted molar refractivity (Wildman–Crippen MR) is 99.4 cm³/mol. The number of benzene rings is 1. The zero-order chi connectivity index (χ0) is 20.1. The van der Waals surface area contributed by atoms with E-state index in [1.165, 1.54) is 12.1 Å². The smallest absolute Gasteiger partial charge is 0.387 e. The van der Waals surface area contributed by atoms with Gasteiger partial charge in [0.2, 0.25) is 0 Å². The first kappa shape index (κ1) is 19.9. The van der Waals surface area contributed by atoms with Gasteiger partial charge >= 0.3 is 12.6 Å². The highest BCUT2D eigenvalue weighted by Gasteiger charge is 2.31. The predicted octanol–water partition coefficient (Wildman–Crippen LogP) is 4.47. The average Bonchev–Trinajstić information content (AvgIpc) is 2.70. The Kier molecular flexibility index (Phi) is 6.28. The number of carboxylic acids is 1. The van der Waals surface area contributed by atoms with Gasteiger partial charge in [-0.1, -0.05) is 0 Å². The molecule has 0 spiro atoms. The van der Waals surface area contributed by atoms with Crippen molar-refractivity contribution in [2.24, 2.45) is 5.92 Å². The van der Waals surface area contributed by atoms with Gasteiger partial charge in [-0.15, -0.1) is 0 Å². The topological polar surface area (TPSA) is 71.9 Å². The summed E-state index contributed by atoms with van der Waals surface area (Å²) in [7, 11) is 1.57. The van der Waals surface area contributed by atoms with E-state index in [1.807, 2.05) is 4.90 Å². The number of carbonyl (C=O) groups is 1. The van der Waals surface area contributed by atoms with Crippen molar-refractivity contribution in [2.75, 3.05) is 12.0 Å². The highest BCUT2D eigenvalue weighted by Crippen LogP contribution is 2.40. The molecule has 6 nitrogen and oxygen atoms in total. The number of methoxy groups -OCH3 is 1. The Bertz CT molecular complexity index is 793. The number of carboxylic acid groups (broad SMARTS) is 1. The quantitative estimate of drug-likeness (QED) is 0.749. The van der Waals surface area contributed by atoms with Crippen LogP contribution in [0.4, 0.5) is 20.2 Å². The van der Waals surface area contributed by atoms with Gasteiger partial charge in [0.15, 0.2) is 0 Å². The van der Waals surface area contributed by atoms with Crippen molar-refractivity contribution in [1.82, 2.24) is 4.98 Å². The van der Waals surface area contributed by atoms with Crippen LogP contribution in [0.15, 0.2) is 42.7 Å². The van der Waals surface area contributed by atoms with Crippen LogP contribution in [0.3, 0.4) is 0 Å². The van der Waals surface area contributed by atoms with Crippen LogP contribution in [0, 0.1) is 5.92 Å². The number of hydrogen-bond donors (Lipinski definition) is 1. The molecule has 1 aromatic carbocycles. The fraction of sp³-hybridized carbons (Fsp3) is 0.400. The minimum absolute atomic E-state index is 0.0376. The van der Waals surface area contributed by atoms with E-state index >= 15 is 0 Å². The number of anilines is 2. The number of aromatic nitrogens is 1. The SMILES string of the molecule is COc1ccncc1N(c1ccc(OC(F)F)cc1)C1CCC(C(=O)O)CC1. The summed E-state index contributed by atoms with van der Waals surface area (Å²) in [6, 6.07) is 8.16. The fourth-order valence-electron chi connectivity index (χ4n) is 3.64. The molecule has 1 N–H and O–H groups in total. The van der Waals surface area contributed by atoms with Crippen molar-refractivity contribution < 1.29 is 28.2 Å². The van der Waals surface area contributed by atoms with Crippen molar-refractivity contribution in [1.29, 1.82) is 0 Å². The van der Waals surface area contributed by atoms with E-state index < -0.39 is 12.6 Å². The summed E-state index contributed by atoms with van der Waals surface area (Å²) in [5.74, 6) is -0.400. The number of halogens is 2. The van der Waals surface area contributed by atoms with Crippen LogP contribution in [0.1, 0.15) is 25.7 Å². The molecule has 0 atom stereocenters. The minimum atomic E-state index is -2.88. The second-order valence-electron chi connectivity index (χ2n) is 6.63. The molecule has 8 heteroatoms. The monoisotopic (exact) mass is 392 g/mol. The van der Waals surface area contributed by atoms with Crippen molar-refractivity contribution in [3.05, 3.63) is 42.7 Å². The number of ether oxygens (including phenoxy) is 2. The summed E-state index contributed by atoms with van der Waals surface area (Å²) in [5.41, 5.74) is 1.51. The molecule has 0 aliphatic heterocycles. The summed E-state index contributed by atoms with van der Waals surface area (Å²) >= 11 is 0. The van der Waals surface area contributed by atoms with Crippen LogP contribution < -0.4 is 14.4 Å². The van der Waals surface area contributed by atoms with E-state index in [-0.39, 0.29) is 17.7 Å². The second-order valence-corrected chi connectivity index (χ2v) is 6.63. The van der Waals surface area contributed by atoms with Gasteiger partial charge in [-0.2, -0.15) is 8.78 Å². The Labute approximate surface area is 161 Å². The van der Waals surface area contributed by atoms with E-state index in [0.717, 1.165) is 11.4 Å². The van der Waals surface area contributed by atoms with E-state index in [0.29, 0.717) is 31.4 Å². The standard InChI is InChI=1S/C20H22F2N2O4/c1-27-18-10-11-23-12-17(18)24(14-4-2-13(3-5-14)19(25)26)15-6-8-16(9-7-15)28-20(21)22/h6-14,20H,2-5H2,1H3,(H,25,26). The molecule has 2 aromatic rings. The van der Waals surface area contributed by atoms with Gasteiger partial charge < -0.3 is 19.5 Å². The molecular weight excluding hydrogens is 370 g/mol. The van der Waals surface area contributed by atoms with Crippen LogP contribution in [0.2, 0.25) is 0 Å². The lowest BCUT2D eigenvalue weighted by atomic mass is 9.85. The van der Waals surface area contributed by atoms with Gasteiger partial charge in [0, 0.05) is 24.0 Å². The van der Waals surface area contributed by atoms with Gasteiger partial charge in [-0.05, 0) is 49.9 Å². The molecule has 150 valence electrons. The molecule has 3 rings (SSSR count). The Morgan fingerprint density at radius 2 is 1.86 bits per heavy atom. The number of nitrogens with zero attached hydrogens (tertiary/aromatic N) is 2. The molecule has 1 aromatic heterocycles. The lowest BCUT2D eigenvalue weighted by Crippen LogP contribution is -2.36. The number of hydrogen-bond acceptors (Lipinski definition) is 5. The Balaban J connectivity index is 1.92. The molecule has 1 fully saturated rings. The summed E-state index contributed by atoms with van der Waals surface area (Å²) < 4.78 is 34.8. The summed E-state index contributed by atoms with van der Waals surface area (Å²) in [4.78, 5) is 17.5. The lowest BCUT2D eigenvalue weighted by Gasteiger charge is -2.38. The maximum atomic E-state index is 12.4. The number of pyridine rings is 1. The molecule has 1 aliphatic carbocycles. The summed E-state index contributed by atoms with van der Waals surface area (Å²) in [6.45, 7) is -2.88. The van der Waals surface area contributed by atoms with E-state index in [2.05, 4.69) is 9.72 Å². The first-order valence-corrected chi connectivity index (χ1v) is 9.04. The normalized spacial score (nSPS) is 19.3. The second kappa shape index (κ2) is 8.86. The minimum Gasteiger partial charge on any atom is -0.494 e. The van der Waals surface area contributed by atoms with Crippen LogP contribution in [-0.2, 0) is 4.79 Å². The summed E-state index contributed by atoms with van der Waals surface area (Å²) in [5, 5.41) is 9.26. The number of aliphatic carboxylic acids is 1. The molecule has 0 radical (unpaired) electrons. The molecule has 0 unspecified atom stereocenters. The number of rotatable bonds is 7. The third kappa shape index (κ3) is 4.49. The van der Waals surface area contributed by atoms with E-state index in [9.17, 15) is 18.7 Å². The highest BCUT2D eigenvalue weighted by atomic mass is 19.3. The van der Waals surface area contributed by atoms with Gasteiger partial charge in [-0.3, -0.25) is 9.78 Å². The summed E-state index contributed by atoms with van der Waals surface area (Å²) in [6.07, 6.45) is 5.83. The van der Waals surface area contributed by atoms with Gasteiger partial charge in [-0.25, -0.2) is 0 Å². The van der Waals surface area contributed by atoms with Crippen LogP contribution in [0.5, 0.6) is 11.5 Å². The molecule has 0 bridgehead atoms. The lowest BCUT2D eigenvalue weighted by molar-refractivity contribution is -0.142. The van der Waals surface area contributed by atoms with Crippen molar-refractivity contribution in [3.63, 3.8) is 0 Å². The first-order valence-electron chi connectivity index (χ1n) is 9.04. The third-order valence-corrected chi connectivity index (χ3v) is 4.99. The molecule has 28 heavy (non-hydrogen) atoms. The van der Waals surface area contributed by atoms with Crippen molar-refractivity contribution >= 4 is 17.3 Å². The Hall–Kier alpha value is -2.90. The van der Waals surface area contributed by atoms with Crippen LogP contribution in [-0.4, -0.2) is 35.8 Å². The maximum Gasteiger partial charge on any atom is 0.387 e. The van der Waals surface area contributed by atoms with Crippen molar-refractivity contribution in [3.8, 4) is 11.5 Å². The molecule has 1 heterocycles. The van der Waals surface area contributed by atoms with Crippen LogP contribution in [0.25, 0.3) is 0 Å². The Morgan fingerprint density at radius 3 is 2.43 bits per heavy atom. The van der Waals surface area contributed by atoms with Gasteiger partial charge in [0.1, 0.15) is 17.2 Å². The highest BCUT2D eigenvalue weighted by molar-refractivity contribution is 5.71. The largest absolute Gasteiger partial charge is 0.494 e. The van der Waals surface area contributed by atoms with Crippen LogP contribution >= 0.6 is 0 Å². The Morgan fingerprint density at radius 1 is 1.18 bits per heavy atom. The van der Waals surface area contributed by atoms with Gasteiger partial charge in [0.05, 0.1) is 19.2 Å². The molecular formula is C20H22F2N2O4. The van der Waals surface area contributed by atoms with Gasteiger partial charge in [0.25, 0.3) is 0 Å². The third-order valence-electron chi connectivity index (χ3n) is 4.99. The molecule has 0 saturated heterocycles. The molecule has 0 amide bonds. The average molecular weight is 392 g/mol. The zero-order valence-corrected chi connectivity index (χ0v) is 15.4. The zero-order valence-electron chi connectivity index (χ0n) is 15.4.